The van der Waals surface area contributed by atoms with E-state index in [0.29, 0.717) is 27.2 Å². The Balaban J connectivity index is 1.99. The van der Waals surface area contributed by atoms with Gasteiger partial charge in [-0.15, -0.1) is 0 Å². The van der Waals surface area contributed by atoms with Crippen molar-refractivity contribution in [3.63, 3.8) is 0 Å². The zero-order valence-electron chi connectivity index (χ0n) is 11.6. The summed E-state index contributed by atoms with van der Waals surface area (Å²) in [6.07, 6.45) is 2.82. The minimum absolute atomic E-state index is 0.245. The van der Waals surface area contributed by atoms with Gasteiger partial charge in [0.05, 0.1) is 26.8 Å². The second-order valence-electron chi connectivity index (χ2n) is 5.07. The average Bonchev–Trinajstić information content (AvgIpc) is 2.47. The normalized spacial score (nSPS) is 21.1. The van der Waals surface area contributed by atoms with Crippen LogP contribution in [0, 0.1) is 0 Å². The first kappa shape index (κ1) is 16.7. The SMILES string of the molecule is NC(=O)[C@H]1CCCCN1CC[S@](=O)c1cc(Cl)ccc1Cl. The van der Waals surface area contributed by atoms with Crippen LogP contribution in [0.3, 0.4) is 0 Å². The van der Waals surface area contributed by atoms with Crippen LogP contribution in [0.5, 0.6) is 0 Å². The fraction of sp³-hybridized carbons (Fsp3) is 0.500. The summed E-state index contributed by atoms with van der Waals surface area (Å²) in [5.41, 5.74) is 5.42. The molecule has 116 valence electrons. The number of hydrogen-bond acceptors (Lipinski definition) is 3. The Bertz CT molecular complexity index is 554. The van der Waals surface area contributed by atoms with Crippen molar-refractivity contribution in [1.29, 1.82) is 0 Å². The lowest BCUT2D eigenvalue weighted by Gasteiger charge is -2.33. The molecule has 0 unspecified atom stereocenters. The van der Waals surface area contributed by atoms with Crippen LogP contribution in [0.2, 0.25) is 10.0 Å². The van der Waals surface area contributed by atoms with Gasteiger partial charge in [0.2, 0.25) is 5.91 Å². The number of amides is 1. The maximum atomic E-state index is 12.4. The Morgan fingerprint density at radius 1 is 1.38 bits per heavy atom. The lowest BCUT2D eigenvalue weighted by molar-refractivity contribution is -0.124. The molecule has 0 spiro atoms. The Kier molecular flexibility index (Phi) is 6.05. The van der Waals surface area contributed by atoms with Gasteiger partial charge in [-0.3, -0.25) is 13.9 Å². The van der Waals surface area contributed by atoms with Gasteiger partial charge in [0.25, 0.3) is 0 Å². The van der Waals surface area contributed by atoms with E-state index in [-0.39, 0.29) is 11.9 Å². The standard InChI is InChI=1S/C14H18Cl2N2O2S/c15-10-4-5-11(16)13(9-10)21(20)8-7-18-6-2-1-3-12(18)14(17)19/h4-5,9,12H,1-3,6-8H2,(H2,17,19)/t12-,21+/m1/s1. The van der Waals surface area contributed by atoms with E-state index >= 15 is 0 Å². The zero-order chi connectivity index (χ0) is 15.4. The predicted octanol–water partition coefficient (Wildman–Crippen LogP) is 2.44. The number of hydrogen-bond donors (Lipinski definition) is 1. The summed E-state index contributed by atoms with van der Waals surface area (Å²) in [5, 5.41) is 0.957. The highest BCUT2D eigenvalue weighted by Gasteiger charge is 2.27. The van der Waals surface area contributed by atoms with Gasteiger partial charge in [-0.25, -0.2) is 0 Å². The molecule has 1 heterocycles. The van der Waals surface area contributed by atoms with Gasteiger partial charge in [0, 0.05) is 17.3 Å². The number of benzene rings is 1. The molecular weight excluding hydrogens is 331 g/mol. The van der Waals surface area contributed by atoms with Crippen molar-refractivity contribution in [3.8, 4) is 0 Å². The fourth-order valence-electron chi connectivity index (χ4n) is 2.54. The molecule has 1 aliphatic rings. The average molecular weight is 349 g/mol. The molecule has 0 aliphatic carbocycles. The third-order valence-electron chi connectivity index (χ3n) is 3.64. The van der Waals surface area contributed by atoms with Crippen LogP contribution >= 0.6 is 23.2 Å². The monoisotopic (exact) mass is 348 g/mol. The molecule has 4 nitrogen and oxygen atoms in total. The number of carbonyl (C=O) groups is 1. The van der Waals surface area contributed by atoms with Gasteiger partial charge in [-0.2, -0.15) is 0 Å². The molecule has 2 N–H and O–H groups in total. The van der Waals surface area contributed by atoms with Gasteiger partial charge < -0.3 is 5.73 Å². The molecule has 1 fully saturated rings. The van der Waals surface area contributed by atoms with Crippen LogP contribution in [0.15, 0.2) is 23.1 Å². The third kappa shape index (κ3) is 4.42. The zero-order valence-corrected chi connectivity index (χ0v) is 13.9. The van der Waals surface area contributed by atoms with E-state index < -0.39 is 10.8 Å². The number of nitrogens with two attached hydrogens (primary N) is 1. The molecule has 1 saturated heterocycles. The predicted molar refractivity (Wildman–Crippen MR) is 86.1 cm³/mol. The Morgan fingerprint density at radius 2 is 2.14 bits per heavy atom. The number of halogens is 2. The number of likely N-dealkylation sites (tertiary alicyclic amines) is 1. The van der Waals surface area contributed by atoms with E-state index in [1.807, 2.05) is 4.90 Å². The summed E-state index contributed by atoms with van der Waals surface area (Å²) in [5.74, 6) is 0.102. The minimum atomic E-state index is -1.25. The highest BCUT2D eigenvalue weighted by molar-refractivity contribution is 7.85. The first-order chi connectivity index (χ1) is 9.99. The Labute approximate surface area is 137 Å². The molecule has 0 saturated carbocycles. The van der Waals surface area contributed by atoms with Crippen molar-refractivity contribution in [2.75, 3.05) is 18.8 Å². The van der Waals surface area contributed by atoms with Crippen molar-refractivity contribution < 1.29 is 9.00 Å². The van der Waals surface area contributed by atoms with Gasteiger partial charge in [-0.1, -0.05) is 29.6 Å². The molecule has 0 radical (unpaired) electrons. The molecule has 0 aromatic heterocycles. The Hall–Kier alpha value is -0.620. The molecule has 2 rings (SSSR count). The molecule has 7 heteroatoms. The van der Waals surface area contributed by atoms with Crippen molar-refractivity contribution in [2.24, 2.45) is 5.73 Å². The van der Waals surface area contributed by atoms with Crippen LogP contribution in [0.1, 0.15) is 19.3 Å². The van der Waals surface area contributed by atoms with Gasteiger partial charge in [0.1, 0.15) is 0 Å². The van der Waals surface area contributed by atoms with Crippen LogP contribution in [-0.4, -0.2) is 39.9 Å². The number of carbonyl (C=O) groups excluding carboxylic acids is 1. The molecule has 1 aromatic rings. The molecule has 2 atom stereocenters. The highest BCUT2D eigenvalue weighted by Crippen LogP contribution is 2.24. The largest absolute Gasteiger partial charge is 0.368 e. The molecular formula is C14H18Cl2N2O2S. The fourth-order valence-corrected chi connectivity index (χ4v) is 4.32. The summed E-state index contributed by atoms with van der Waals surface area (Å²) in [6.45, 7) is 1.37. The second kappa shape index (κ2) is 7.58. The van der Waals surface area contributed by atoms with E-state index in [2.05, 4.69) is 0 Å². The number of primary amides is 1. The van der Waals surface area contributed by atoms with Crippen molar-refractivity contribution in [3.05, 3.63) is 28.2 Å². The molecule has 0 bridgehead atoms. The first-order valence-electron chi connectivity index (χ1n) is 6.86. The maximum absolute atomic E-state index is 12.4. The van der Waals surface area contributed by atoms with Gasteiger partial charge in [0.15, 0.2) is 0 Å². The van der Waals surface area contributed by atoms with Crippen LogP contribution in [0.25, 0.3) is 0 Å². The van der Waals surface area contributed by atoms with Crippen LogP contribution < -0.4 is 5.73 Å². The van der Waals surface area contributed by atoms with Crippen molar-refractivity contribution in [2.45, 2.75) is 30.2 Å². The summed E-state index contributed by atoms with van der Waals surface area (Å²) >= 11 is 12.0. The molecule has 1 aromatic carbocycles. The van der Waals surface area contributed by atoms with Gasteiger partial charge >= 0.3 is 0 Å². The third-order valence-corrected chi connectivity index (χ3v) is 5.70. The number of nitrogens with zero attached hydrogens (tertiary/aromatic N) is 1. The van der Waals surface area contributed by atoms with Crippen molar-refractivity contribution in [1.82, 2.24) is 4.90 Å². The van der Waals surface area contributed by atoms with Gasteiger partial charge in [-0.05, 0) is 37.6 Å². The quantitative estimate of drug-likeness (QED) is 0.888. The first-order valence-corrected chi connectivity index (χ1v) is 8.93. The lowest BCUT2D eigenvalue weighted by atomic mass is 10.0. The molecule has 1 aliphatic heterocycles. The summed E-state index contributed by atoms with van der Waals surface area (Å²) < 4.78 is 12.4. The highest BCUT2D eigenvalue weighted by atomic mass is 35.5. The summed E-state index contributed by atoms with van der Waals surface area (Å²) in [4.78, 5) is 14.0. The Morgan fingerprint density at radius 3 is 2.86 bits per heavy atom. The van der Waals surface area contributed by atoms with Crippen LogP contribution in [0.4, 0.5) is 0 Å². The van der Waals surface area contributed by atoms with E-state index in [9.17, 15) is 9.00 Å². The molecule has 21 heavy (non-hydrogen) atoms. The number of rotatable bonds is 5. The van der Waals surface area contributed by atoms with E-state index in [4.69, 9.17) is 28.9 Å². The topological polar surface area (TPSA) is 63.4 Å². The summed E-state index contributed by atoms with van der Waals surface area (Å²) in [6, 6.07) is 4.69. The van der Waals surface area contributed by atoms with E-state index in [1.165, 1.54) is 0 Å². The lowest BCUT2D eigenvalue weighted by Crippen LogP contribution is -2.48. The van der Waals surface area contributed by atoms with Crippen LogP contribution in [-0.2, 0) is 15.6 Å². The summed E-state index contributed by atoms with van der Waals surface area (Å²) in [7, 11) is -1.25. The smallest absolute Gasteiger partial charge is 0.234 e. The van der Waals surface area contributed by atoms with Crippen molar-refractivity contribution >= 4 is 39.9 Å². The number of piperidine rings is 1. The minimum Gasteiger partial charge on any atom is -0.368 e. The van der Waals surface area contributed by atoms with E-state index in [0.717, 1.165) is 25.8 Å². The maximum Gasteiger partial charge on any atom is 0.234 e. The molecule has 1 amide bonds. The second-order valence-corrected chi connectivity index (χ2v) is 7.46. The van der Waals surface area contributed by atoms with E-state index in [1.54, 1.807) is 18.2 Å².